The minimum atomic E-state index is -0.155. The molecule has 1 N–H and O–H groups in total. The van der Waals surface area contributed by atoms with Crippen LogP contribution in [0.1, 0.15) is 22.8 Å². The van der Waals surface area contributed by atoms with Crippen LogP contribution in [-0.4, -0.2) is 33.3 Å². The maximum absolute atomic E-state index is 12.1. The van der Waals surface area contributed by atoms with Crippen LogP contribution in [0.2, 0.25) is 0 Å². The van der Waals surface area contributed by atoms with Crippen LogP contribution < -0.4 is 19.5 Å². The number of rotatable bonds is 3. The van der Waals surface area contributed by atoms with Crippen LogP contribution in [-0.2, 0) is 6.42 Å². The third-order valence-electron chi connectivity index (χ3n) is 3.07. The second kappa shape index (κ2) is 4.76. The van der Waals surface area contributed by atoms with Crippen LogP contribution >= 0.6 is 0 Å². The Hall–Kier alpha value is -1.91. The van der Waals surface area contributed by atoms with Crippen LogP contribution in [0.25, 0.3) is 0 Å². The van der Waals surface area contributed by atoms with Gasteiger partial charge < -0.3 is 19.5 Å². The molecule has 1 aliphatic heterocycles. The van der Waals surface area contributed by atoms with Crippen molar-refractivity contribution in [3.8, 4) is 17.2 Å². The van der Waals surface area contributed by atoms with Crippen LogP contribution in [0, 0.1) is 0 Å². The quantitative estimate of drug-likeness (QED) is 0.882. The van der Waals surface area contributed by atoms with Gasteiger partial charge in [-0.25, -0.2) is 0 Å². The molecular formula is C13H17NO4. The first-order valence-electron chi connectivity index (χ1n) is 5.75. The number of nitrogens with one attached hydrogen (secondary N) is 1. The van der Waals surface area contributed by atoms with Crippen molar-refractivity contribution in [1.82, 2.24) is 5.32 Å². The number of carbonyl (C=O) groups is 1. The summed E-state index contributed by atoms with van der Waals surface area (Å²) in [4.78, 5) is 12.1. The molecule has 1 aromatic rings. The van der Waals surface area contributed by atoms with Gasteiger partial charge in [0.1, 0.15) is 5.75 Å². The first-order valence-corrected chi connectivity index (χ1v) is 5.75. The highest BCUT2D eigenvalue weighted by Crippen LogP contribution is 2.41. The molecule has 1 amide bonds. The monoisotopic (exact) mass is 251 g/mol. The Balaban J connectivity index is 2.70. The molecule has 0 saturated heterocycles. The molecule has 18 heavy (non-hydrogen) atoms. The van der Waals surface area contributed by atoms with Gasteiger partial charge in [0, 0.05) is 17.7 Å². The highest BCUT2D eigenvalue weighted by molar-refractivity contribution is 6.01. The zero-order chi connectivity index (χ0) is 13.3. The summed E-state index contributed by atoms with van der Waals surface area (Å²) in [5, 5.41) is 2.88. The fraction of sp³-hybridized carbons (Fsp3) is 0.462. The molecule has 0 aliphatic carbocycles. The number of ether oxygens (including phenoxy) is 3. The van der Waals surface area contributed by atoms with E-state index in [1.54, 1.807) is 13.2 Å². The summed E-state index contributed by atoms with van der Waals surface area (Å²) in [6, 6.07) is 1.83. The van der Waals surface area contributed by atoms with Gasteiger partial charge in [-0.1, -0.05) is 0 Å². The van der Waals surface area contributed by atoms with E-state index in [-0.39, 0.29) is 11.9 Å². The maximum Gasteiger partial charge on any atom is 0.255 e. The first-order chi connectivity index (χ1) is 8.62. The minimum absolute atomic E-state index is 0.0806. The zero-order valence-corrected chi connectivity index (χ0v) is 11.0. The third kappa shape index (κ3) is 1.85. The third-order valence-corrected chi connectivity index (χ3v) is 3.07. The number of hydrogen-bond donors (Lipinski definition) is 1. The standard InChI is InChI=1S/C13H17NO4/c1-7-5-8-9(16-2)6-10(17-3)12(18-4)11(8)13(15)14-7/h6-7H,5H2,1-4H3,(H,14,15). The molecule has 1 aromatic carbocycles. The Morgan fingerprint density at radius 2 is 1.83 bits per heavy atom. The Labute approximate surface area is 106 Å². The Morgan fingerprint density at radius 3 is 2.39 bits per heavy atom. The number of amides is 1. The van der Waals surface area contributed by atoms with Gasteiger partial charge in [-0.3, -0.25) is 4.79 Å². The van der Waals surface area contributed by atoms with Crippen molar-refractivity contribution >= 4 is 5.91 Å². The molecular weight excluding hydrogens is 234 g/mol. The van der Waals surface area contributed by atoms with Gasteiger partial charge in [0.25, 0.3) is 5.91 Å². The van der Waals surface area contributed by atoms with Crippen molar-refractivity contribution in [2.45, 2.75) is 19.4 Å². The van der Waals surface area contributed by atoms with Gasteiger partial charge in [-0.15, -0.1) is 0 Å². The van der Waals surface area contributed by atoms with Crippen molar-refractivity contribution in [3.63, 3.8) is 0 Å². The summed E-state index contributed by atoms with van der Waals surface area (Å²) in [5.41, 5.74) is 1.37. The van der Waals surface area contributed by atoms with E-state index >= 15 is 0 Å². The number of benzene rings is 1. The largest absolute Gasteiger partial charge is 0.496 e. The van der Waals surface area contributed by atoms with Gasteiger partial charge in [-0.05, 0) is 13.3 Å². The smallest absolute Gasteiger partial charge is 0.255 e. The van der Waals surface area contributed by atoms with E-state index < -0.39 is 0 Å². The SMILES string of the molecule is COc1cc(OC)c(OC)c2c1CC(C)NC2=O. The Kier molecular flexibility index (Phi) is 3.32. The Bertz CT molecular complexity index is 484. The molecule has 1 unspecified atom stereocenters. The highest BCUT2D eigenvalue weighted by Gasteiger charge is 2.30. The van der Waals surface area contributed by atoms with Gasteiger partial charge in [0.05, 0.1) is 26.9 Å². The highest BCUT2D eigenvalue weighted by atomic mass is 16.5. The summed E-state index contributed by atoms with van der Waals surface area (Å²) < 4.78 is 15.9. The molecule has 5 heteroatoms. The van der Waals surface area contributed by atoms with Gasteiger partial charge in [0.2, 0.25) is 0 Å². The number of hydrogen-bond acceptors (Lipinski definition) is 4. The summed E-state index contributed by atoms with van der Waals surface area (Å²) in [6.07, 6.45) is 0.713. The molecule has 0 radical (unpaired) electrons. The van der Waals surface area contributed by atoms with Crippen LogP contribution in [0.15, 0.2) is 6.07 Å². The maximum atomic E-state index is 12.1. The molecule has 1 aliphatic rings. The second-order valence-electron chi connectivity index (χ2n) is 4.25. The van der Waals surface area contributed by atoms with E-state index in [0.29, 0.717) is 29.2 Å². The fourth-order valence-electron chi connectivity index (χ4n) is 2.29. The Morgan fingerprint density at radius 1 is 1.17 bits per heavy atom. The number of methoxy groups -OCH3 is 3. The predicted octanol–water partition coefficient (Wildman–Crippen LogP) is 1.39. The predicted molar refractivity (Wildman–Crippen MR) is 66.7 cm³/mol. The molecule has 0 spiro atoms. The lowest BCUT2D eigenvalue weighted by atomic mass is 9.93. The fourth-order valence-corrected chi connectivity index (χ4v) is 2.29. The van der Waals surface area contributed by atoms with Crippen molar-refractivity contribution in [1.29, 1.82) is 0 Å². The van der Waals surface area contributed by atoms with E-state index in [2.05, 4.69) is 5.32 Å². The van der Waals surface area contributed by atoms with Crippen molar-refractivity contribution in [2.75, 3.05) is 21.3 Å². The lowest BCUT2D eigenvalue weighted by Gasteiger charge is -2.26. The lowest BCUT2D eigenvalue weighted by Crippen LogP contribution is -2.39. The first kappa shape index (κ1) is 12.5. The van der Waals surface area contributed by atoms with Gasteiger partial charge >= 0.3 is 0 Å². The number of fused-ring (bicyclic) bond motifs is 1. The number of carbonyl (C=O) groups excluding carboxylic acids is 1. The van der Waals surface area contributed by atoms with Crippen LogP contribution in [0.4, 0.5) is 0 Å². The lowest BCUT2D eigenvalue weighted by molar-refractivity contribution is 0.0924. The molecule has 0 aromatic heterocycles. The summed E-state index contributed by atoms with van der Waals surface area (Å²) in [7, 11) is 4.64. The van der Waals surface area contributed by atoms with E-state index in [9.17, 15) is 4.79 Å². The average molecular weight is 251 g/mol. The van der Waals surface area contributed by atoms with E-state index in [1.807, 2.05) is 6.92 Å². The average Bonchev–Trinajstić information content (AvgIpc) is 2.36. The van der Waals surface area contributed by atoms with Crippen LogP contribution in [0.5, 0.6) is 17.2 Å². The summed E-state index contributed by atoms with van der Waals surface area (Å²) in [6.45, 7) is 1.96. The molecule has 0 fully saturated rings. The van der Waals surface area contributed by atoms with E-state index in [0.717, 1.165) is 5.56 Å². The second-order valence-corrected chi connectivity index (χ2v) is 4.25. The molecule has 1 heterocycles. The van der Waals surface area contributed by atoms with Crippen molar-refractivity contribution in [2.24, 2.45) is 0 Å². The van der Waals surface area contributed by atoms with E-state index in [1.165, 1.54) is 14.2 Å². The minimum Gasteiger partial charge on any atom is -0.496 e. The molecule has 98 valence electrons. The molecule has 5 nitrogen and oxygen atoms in total. The molecule has 0 saturated carbocycles. The topological polar surface area (TPSA) is 56.8 Å². The molecule has 0 bridgehead atoms. The summed E-state index contributed by atoms with van der Waals surface area (Å²) >= 11 is 0. The molecule has 1 atom stereocenters. The van der Waals surface area contributed by atoms with Crippen LogP contribution in [0.3, 0.4) is 0 Å². The van der Waals surface area contributed by atoms with Crippen molar-refractivity contribution in [3.05, 3.63) is 17.2 Å². The van der Waals surface area contributed by atoms with Crippen molar-refractivity contribution < 1.29 is 19.0 Å². The summed E-state index contributed by atoms with van der Waals surface area (Å²) in [5.74, 6) is 1.46. The van der Waals surface area contributed by atoms with Gasteiger partial charge in [0.15, 0.2) is 11.5 Å². The normalized spacial score (nSPS) is 17.8. The zero-order valence-electron chi connectivity index (χ0n) is 11.0. The molecule has 2 rings (SSSR count). The van der Waals surface area contributed by atoms with Gasteiger partial charge in [-0.2, -0.15) is 0 Å². The van der Waals surface area contributed by atoms with E-state index in [4.69, 9.17) is 14.2 Å².